The minimum absolute atomic E-state index is 0.194. The zero-order chi connectivity index (χ0) is 10.3. The quantitative estimate of drug-likeness (QED) is 0.796. The van der Waals surface area contributed by atoms with Crippen molar-refractivity contribution in [3.63, 3.8) is 0 Å². The summed E-state index contributed by atoms with van der Waals surface area (Å²) < 4.78 is 0. The van der Waals surface area contributed by atoms with E-state index >= 15 is 0 Å². The van der Waals surface area contributed by atoms with Gasteiger partial charge in [-0.1, -0.05) is 43.6 Å². The number of rotatable bonds is 2. The molecular formula is C12H15ClO. The topological polar surface area (TPSA) is 20.2 Å². The van der Waals surface area contributed by atoms with E-state index in [4.69, 9.17) is 11.6 Å². The predicted molar refractivity (Wildman–Crippen MR) is 58.5 cm³/mol. The van der Waals surface area contributed by atoms with Gasteiger partial charge in [0.15, 0.2) is 0 Å². The fourth-order valence-electron chi connectivity index (χ4n) is 2.43. The van der Waals surface area contributed by atoms with Crippen LogP contribution in [0, 0.1) is 11.3 Å². The molecule has 1 saturated carbocycles. The highest BCUT2D eigenvalue weighted by Crippen LogP contribution is 2.64. The van der Waals surface area contributed by atoms with Gasteiger partial charge in [-0.15, -0.1) is 0 Å². The Morgan fingerprint density at radius 1 is 1.36 bits per heavy atom. The fraction of sp³-hybridized carbons (Fsp3) is 0.500. The standard InChI is InChI=1S/C12H15ClO/c1-12(2)9(7-14)11(12)8-5-3-4-6-10(8)13/h3-6,9,11,14H,7H2,1-2H3. The van der Waals surface area contributed by atoms with Gasteiger partial charge in [-0.2, -0.15) is 0 Å². The molecule has 2 unspecified atom stereocenters. The van der Waals surface area contributed by atoms with Gasteiger partial charge in [0.05, 0.1) is 0 Å². The maximum absolute atomic E-state index is 9.22. The molecule has 0 heterocycles. The number of halogens is 1. The van der Waals surface area contributed by atoms with Crippen molar-refractivity contribution in [1.29, 1.82) is 0 Å². The average molecular weight is 211 g/mol. The second-order valence-electron chi connectivity index (χ2n) is 4.61. The number of aliphatic hydroxyl groups excluding tert-OH is 1. The maximum atomic E-state index is 9.22. The normalized spacial score (nSPS) is 28.9. The van der Waals surface area contributed by atoms with Gasteiger partial charge in [-0.25, -0.2) is 0 Å². The SMILES string of the molecule is CC1(C)C(CO)C1c1ccccc1Cl. The first kappa shape index (κ1) is 10.0. The van der Waals surface area contributed by atoms with Gasteiger partial charge in [0.1, 0.15) is 0 Å². The summed E-state index contributed by atoms with van der Waals surface area (Å²) in [5, 5.41) is 10.0. The predicted octanol–water partition coefficient (Wildman–Crippen LogP) is 3.07. The van der Waals surface area contributed by atoms with Crippen LogP contribution in [-0.2, 0) is 0 Å². The smallest absolute Gasteiger partial charge is 0.0470 e. The van der Waals surface area contributed by atoms with E-state index in [2.05, 4.69) is 19.9 Å². The minimum Gasteiger partial charge on any atom is -0.396 e. The average Bonchev–Trinajstić information content (AvgIpc) is 2.69. The minimum atomic E-state index is 0.194. The summed E-state index contributed by atoms with van der Waals surface area (Å²) in [6.45, 7) is 4.62. The van der Waals surface area contributed by atoms with Gasteiger partial charge in [-0.3, -0.25) is 0 Å². The second kappa shape index (κ2) is 3.25. The molecular weight excluding hydrogens is 196 g/mol. The Bertz CT molecular complexity index is 346. The van der Waals surface area contributed by atoms with E-state index < -0.39 is 0 Å². The van der Waals surface area contributed by atoms with Crippen LogP contribution >= 0.6 is 11.6 Å². The Morgan fingerprint density at radius 2 is 2.00 bits per heavy atom. The van der Waals surface area contributed by atoms with E-state index in [-0.39, 0.29) is 12.0 Å². The van der Waals surface area contributed by atoms with Crippen LogP contribution in [0.15, 0.2) is 24.3 Å². The van der Waals surface area contributed by atoms with Crippen molar-refractivity contribution >= 4 is 11.6 Å². The van der Waals surface area contributed by atoms with Gasteiger partial charge in [0.25, 0.3) is 0 Å². The van der Waals surface area contributed by atoms with Crippen molar-refractivity contribution in [2.24, 2.45) is 11.3 Å². The first-order valence-electron chi connectivity index (χ1n) is 4.94. The van der Waals surface area contributed by atoms with Crippen LogP contribution in [0.1, 0.15) is 25.3 Å². The Hall–Kier alpha value is -0.530. The third kappa shape index (κ3) is 1.35. The summed E-state index contributed by atoms with van der Waals surface area (Å²) in [7, 11) is 0. The molecule has 1 aromatic rings. The summed E-state index contributed by atoms with van der Waals surface area (Å²) in [5.41, 5.74) is 1.37. The summed E-state index contributed by atoms with van der Waals surface area (Å²) >= 11 is 6.13. The lowest BCUT2D eigenvalue weighted by atomic mass is 10.0. The van der Waals surface area contributed by atoms with Crippen molar-refractivity contribution in [2.45, 2.75) is 19.8 Å². The van der Waals surface area contributed by atoms with Gasteiger partial charge >= 0.3 is 0 Å². The van der Waals surface area contributed by atoms with Crippen LogP contribution in [0.4, 0.5) is 0 Å². The molecule has 1 fully saturated rings. The molecule has 76 valence electrons. The van der Waals surface area contributed by atoms with E-state index in [1.54, 1.807) is 0 Å². The highest BCUT2D eigenvalue weighted by molar-refractivity contribution is 6.31. The highest BCUT2D eigenvalue weighted by atomic mass is 35.5. The summed E-state index contributed by atoms with van der Waals surface area (Å²) in [6, 6.07) is 7.92. The van der Waals surface area contributed by atoms with Crippen LogP contribution < -0.4 is 0 Å². The highest BCUT2D eigenvalue weighted by Gasteiger charge is 2.58. The molecule has 0 radical (unpaired) electrons. The number of hydrogen-bond acceptors (Lipinski definition) is 1. The second-order valence-corrected chi connectivity index (χ2v) is 5.02. The first-order valence-corrected chi connectivity index (χ1v) is 5.32. The van der Waals surface area contributed by atoms with Gasteiger partial charge in [0, 0.05) is 11.6 Å². The molecule has 2 rings (SSSR count). The van der Waals surface area contributed by atoms with E-state index in [9.17, 15) is 5.11 Å². The van der Waals surface area contributed by atoms with E-state index in [0.29, 0.717) is 11.8 Å². The lowest BCUT2D eigenvalue weighted by Crippen LogP contribution is -1.93. The first-order chi connectivity index (χ1) is 6.59. The monoisotopic (exact) mass is 210 g/mol. The van der Waals surface area contributed by atoms with Gasteiger partial charge in [-0.05, 0) is 28.9 Å². The number of aliphatic hydroxyl groups is 1. The molecule has 0 spiro atoms. The van der Waals surface area contributed by atoms with Crippen molar-refractivity contribution in [2.75, 3.05) is 6.61 Å². The molecule has 1 aliphatic rings. The summed E-state index contributed by atoms with van der Waals surface area (Å²) in [5.74, 6) is 0.781. The number of benzene rings is 1. The zero-order valence-electron chi connectivity index (χ0n) is 8.50. The molecule has 2 heteroatoms. The van der Waals surface area contributed by atoms with Crippen molar-refractivity contribution < 1.29 is 5.11 Å². The Morgan fingerprint density at radius 3 is 2.50 bits per heavy atom. The maximum Gasteiger partial charge on any atom is 0.0470 e. The summed E-state index contributed by atoms with van der Waals surface area (Å²) in [6.07, 6.45) is 0. The molecule has 1 aromatic carbocycles. The molecule has 1 N–H and O–H groups in total. The molecule has 0 amide bonds. The molecule has 1 nitrogen and oxygen atoms in total. The molecule has 2 atom stereocenters. The molecule has 0 bridgehead atoms. The third-order valence-corrected chi connectivity index (χ3v) is 3.83. The van der Waals surface area contributed by atoms with Crippen molar-refractivity contribution in [1.82, 2.24) is 0 Å². The van der Waals surface area contributed by atoms with Crippen LogP contribution in [0.25, 0.3) is 0 Å². The van der Waals surface area contributed by atoms with E-state index in [0.717, 1.165) is 5.02 Å². The van der Waals surface area contributed by atoms with E-state index in [1.165, 1.54) is 5.56 Å². The third-order valence-electron chi connectivity index (χ3n) is 3.49. The lowest BCUT2D eigenvalue weighted by Gasteiger charge is -2.04. The molecule has 14 heavy (non-hydrogen) atoms. The van der Waals surface area contributed by atoms with Crippen LogP contribution in [0.5, 0.6) is 0 Å². The molecule has 0 aromatic heterocycles. The van der Waals surface area contributed by atoms with Gasteiger partial charge < -0.3 is 5.11 Å². The molecule has 1 aliphatic carbocycles. The zero-order valence-corrected chi connectivity index (χ0v) is 9.25. The van der Waals surface area contributed by atoms with Crippen molar-refractivity contribution in [3.8, 4) is 0 Å². The lowest BCUT2D eigenvalue weighted by molar-refractivity contribution is 0.257. The molecule has 0 aliphatic heterocycles. The van der Waals surface area contributed by atoms with Crippen molar-refractivity contribution in [3.05, 3.63) is 34.9 Å². The van der Waals surface area contributed by atoms with Crippen LogP contribution in [0.3, 0.4) is 0 Å². The van der Waals surface area contributed by atoms with Crippen LogP contribution in [0.2, 0.25) is 5.02 Å². The Kier molecular flexibility index (Phi) is 2.32. The van der Waals surface area contributed by atoms with E-state index in [1.807, 2.05) is 18.2 Å². The Balaban J connectivity index is 2.31. The fourth-order valence-corrected chi connectivity index (χ4v) is 2.68. The Labute approximate surface area is 89.7 Å². The largest absolute Gasteiger partial charge is 0.396 e. The van der Waals surface area contributed by atoms with Crippen LogP contribution in [-0.4, -0.2) is 11.7 Å². The summed E-state index contributed by atoms with van der Waals surface area (Å²) in [4.78, 5) is 0. The number of hydrogen-bond donors (Lipinski definition) is 1. The van der Waals surface area contributed by atoms with Gasteiger partial charge in [0.2, 0.25) is 0 Å². The molecule has 0 saturated heterocycles.